The first-order chi connectivity index (χ1) is 13.2. The van der Waals surface area contributed by atoms with E-state index in [4.69, 9.17) is 4.74 Å². The lowest BCUT2D eigenvalue weighted by Gasteiger charge is -2.36. The molecule has 1 saturated carbocycles. The molecular weight excluding hydrogens is 336 g/mol. The van der Waals surface area contributed by atoms with Crippen molar-refractivity contribution in [2.24, 2.45) is 0 Å². The molecule has 1 aliphatic heterocycles. The number of rotatable bonds is 5. The molecule has 2 aromatic rings. The molecule has 1 aromatic carbocycles. The molecule has 1 aliphatic carbocycles. The Morgan fingerprint density at radius 1 is 0.963 bits per heavy atom. The molecule has 0 radical (unpaired) electrons. The molecule has 4 nitrogen and oxygen atoms in total. The number of piperidine rings is 1. The fraction of sp³-hybridized carbons (Fsp3) is 0.522. The summed E-state index contributed by atoms with van der Waals surface area (Å²) in [6.07, 6.45) is 9.98. The van der Waals surface area contributed by atoms with Crippen molar-refractivity contribution in [1.82, 2.24) is 9.47 Å². The van der Waals surface area contributed by atoms with Gasteiger partial charge in [0.05, 0.1) is 6.04 Å². The number of hydrogen-bond acceptors (Lipinski definition) is 3. The Kier molecular flexibility index (Phi) is 5.63. The van der Waals surface area contributed by atoms with E-state index in [2.05, 4.69) is 24.0 Å². The highest BCUT2D eigenvalue weighted by atomic mass is 16.5. The van der Waals surface area contributed by atoms with Gasteiger partial charge < -0.3 is 14.2 Å². The van der Waals surface area contributed by atoms with Crippen LogP contribution in [0.4, 0.5) is 0 Å². The van der Waals surface area contributed by atoms with Crippen molar-refractivity contribution in [3.63, 3.8) is 0 Å². The summed E-state index contributed by atoms with van der Waals surface area (Å²) in [4.78, 5) is 14.7. The molecule has 2 heterocycles. The summed E-state index contributed by atoms with van der Waals surface area (Å²) in [5.41, 5.74) is 1.14. The summed E-state index contributed by atoms with van der Waals surface area (Å²) in [5, 5.41) is 0. The van der Waals surface area contributed by atoms with Crippen molar-refractivity contribution in [3.05, 3.63) is 64.6 Å². The van der Waals surface area contributed by atoms with Crippen LogP contribution in [0.1, 0.15) is 57.1 Å². The molecule has 4 heteroatoms. The van der Waals surface area contributed by atoms with Gasteiger partial charge >= 0.3 is 0 Å². The lowest BCUT2D eigenvalue weighted by atomic mass is 10.0. The van der Waals surface area contributed by atoms with Gasteiger partial charge in [-0.05, 0) is 56.4 Å². The molecule has 1 saturated heterocycles. The normalized spacial score (nSPS) is 20.6. The van der Waals surface area contributed by atoms with Crippen molar-refractivity contribution in [2.45, 2.75) is 63.6 Å². The molecule has 2 aliphatic rings. The van der Waals surface area contributed by atoms with Gasteiger partial charge in [-0.25, -0.2) is 0 Å². The Morgan fingerprint density at radius 3 is 2.33 bits per heavy atom. The van der Waals surface area contributed by atoms with E-state index in [9.17, 15) is 4.79 Å². The standard InChI is InChI=1S/C23H30N2O2/c1-18(25-15-5-4-8-23(25)26)19-9-11-21(12-10-19)27-22-13-16-24(17-14-22)20-6-2-3-7-20/h4-5,8-12,15,18,20,22H,2-3,6-7,13-14,16-17H2,1H3. The highest BCUT2D eigenvalue weighted by molar-refractivity contribution is 5.29. The van der Waals surface area contributed by atoms with Crippen molar-refractivity contribution >= 4 is 0 Å². The van der Waals surface area contributed by atoms with Crippen LogP contribution in [0.5, 0.6) is 5.75 Å². The van der Waals surface area contributed by atoms with Crippen LogP contribution in [0.3, 0.4) is 0 Å². The number of pyridine rings is 1. The quantitative estimate of drug-likeness (QED) is 0.794. The zero-order chi connectivity index (χ0) is 18.6. The van der Waals surface area contributed by atoms with Crippen LogP contribution >= 0.6 is 0 Å². The van der Waals surface area contributed by atoms with Crippen molar-refractivity contribution in [2.75, 3.05) is 13.1 Å². The molecule has 0 N–H and O–H groups in total. The van der Waals surface area contributed by atoms with Gasteiger partial charge in [0.15, 0.2) is 0 Å². The van der Waals surface area contributed by atoms with E-state index in [1.165, 1.54) is 38.8 Å². The topological polar surface area (TPSA) is 34.5 Å². The molecule has 144 valence electrons. The van der Waals surface area contributed by atoms with Gasteiger partial charge in [0, 0.05) is 31.4 Å². The van der Waals surface area contributed by atoms with E-state index in [0.717, 1.165) is 30.2 Å². The van der Waals surface area contributed by atoms with Crippen LogP contribution in [0.2, 0.25) is 0 Å². The molecular formula is C23H30N2O2. The lowest BCUT2D eigenvalue weighted by Crippen LogP contribution is -2.43. The minimum Gasteiger partial charge on any atom is -0.490 e. The van der Waals surface area contributed by atoms with Gasteiger partial charge in [0.25, 0.3) is 5.56 Å². The molecule has 1 aromatic heterocycles. The van der Waals surface area contributed by atoms with Gasteiger partial charge in [-0.3, -0.25) is 4.79 Å². The Hall–Kier alpha value is -2.07. The first-order valence-corrected chi connectivity index (χ1v) is 10.4. The fourth-order valence-electron chi connectivity index (χ4n) is 4.57. The van der Waals surface area contributed by atoms with Crippen molar-refractivity contribution in [1.29, 1.82) is 0 Å². The highest BCUT2D eigenvalue weighted by Crippen LogP contribution is 2.28. The van der Waals surface area contributed by atoms with Gasteiger partial charge in [0.1, 0.15) is 11.9 Å². The van der Waals surface area contributed by atoms with E-state index >= 15 is 0 Å². The summed E-state index contributed by atoms with van der Waals surface area (Å²) >= 11 is 0. The lowest BCUT2D eigenvalue weighted by molar-refractivity contribution is 0.0768. The van der Waals surface area contributed by atoms with Crippen LogP contribution in [0.25, 0.3) is 0 Å². The summed E-state index contributed by atoms with van der Waals surface area (Å²) < 4.78 is 7.99. The average molecular weight is 367 g/mol. The van der Waals surface area contributed by atoms with Crippen LogP contribution in [0, 0.1) is 0 Å². The molecule has 1 unspecified atom stereocenters. The SMILES string of the molecule is CC(c1ccc(OC2CCN(C3CCCC3)CC2)cc1)n1ccccc1=O. The summed E-state index contributed by atoms with van der Waals surface area (Å²) in [5.74, 6) is 0.936. The second-order valence-electron chi connectivity index (χ2n) is 7.98. The Balaban J connectivity index is 1.33. The Morgan fingerprint density at radius 2 is 1.67 bits per heavy atom. The van der Waals surface area contributed by atoms with Gasteiger partial charge in [0.2, 0.25) is 0 Å². The zero-order valence-electron chi connectivity index (χ0n) is 16.2. The number of hydrogen-bond donors (Lipinski definition) is 0. The number of nitrogens with zero attached hydrogens (tertiary/aromatic N) is 2. The van der Waals surface area contributed by atoms with E-state index in [1.807, 2.05) is 24.4 Å². The third-order valence-corrected chi connectivity index (χ3v) is 6.25. The van der Waals surface area contributed by atoms with Crippen molar-refractivity contribution < 1.29 is 4.74 Å². The largest absolute Gasteiger partial charge is 0.490 e. The average Bonchev–Trinajstić information content (AvgIpc) is 3.24. The van der Waals surface area contributed by atoms with Crippen molar-refractivity contribution in [3.8, 4) is 5.75 Å². The van der Waals surface area contributed by atoms with E-state index in [0.29, 0.717) is 6.10 Å². The third-order valence-electron chi connectivity index (χ3n) is 6.25. The van der Waals surface area contributed by atoms with Gasteiger partial charge in [-0.15, -0.1) is 0 Å². The second kappa shape index (κ2) is 8.30. The molecule has 1 atom stereocenters. The van der Waals surface area contributed by atoms with Gasteiger partial charge in [-0.1, -0.05) is 31.0 Å². The Bertz CT molecular complexity index is 785. The number of aromatic nitrogens is 1. The predicted octanol–water partition coefficient (Wildman–Crippen LogP) is 4.24. The minimum absolute atomic E-state index is 0.0161. The maximum atomic E-state index is 12.0. The maximum absolute atomic E-state index is 12.0. The van der Waals surface area contributed by atoms with Gasteiger partial charge in [-0.2, -0.15) is 0 Å². The smallest absolute Gasteiger partial charge is 0.251 e. The first kappa shape index (κ1) is 18.3. The van der Waals surface area contributed by atoms with Crippen LogP contribution in [-0.4, -0.2) is 34.7 Å². The summed E-state index contributed by atoms with van der Waals surface area (Å²) in [6.45, 7) is 4.39. The first-order valence-electron chi connectivity index (χ1n) is 10.4. The summed E-state index contributed by atoms with van der Waals surface area (Å²) in [7, 11) is 0. The van der Waals surface area contributed by atoms with E-state index in [1.54, 1.807) is 16.7 Å². The third kappa shape index (κ3) is 4.27. The summed E-state index contributed by atoms with van der Waals surface area (Å²) in [6, 6.07) is 14.4. The van der Waals surface area contributed by atoms with Crippen LogP contribution < -0.4 is 10.3 Å². The zero-order valence-corrected chi connectivity index (χ0v) is 16.2. The van der Waals surface area contributed by atoms with E-state index < -0.39 is 0 Å². The maximum Gasteiger partial charge on any atom is 0.251 e. The molecule has 0 amide bonds. The minimum atomic E-state index is 0.0161. The highest BCUT2D eigenvalue weighted by Gasteiger charge is 2.27. The van der Waals surface area contributed by atoms with Crippen LogP contribution in [0.15, 0.2) is 53.5 Å². The fourth-order valence-corrected chi connectivity index (χ4v) is 4.57. The molecule has 0 spiro atoms. The molecule has 2 fully saturated rings. The number of ether oxygens (including phenoxy) is 1. The van der Waals surface area contributed by atoms with Crippen LogP contribution in [-0.2, 0) is 0 Å². The molecule has 0 bridgehead atoms. The molecule has 27 heavy (non-hydrogen) atoms. The molecule has 4 rings (SSSR count). The van der Waals surface area contributed by atoms with E-state index in [-0.39, 0.29) is 11.6 Å². The number of benzene rings is 1. The predicted molar refractivity (Wildman–Crippen MR) is 108 cm³/mol. The number of likely N-dealkylation sites (tertiary alicyclic amines) is 1. The second-order valence-corrected chi connectivity index (χ2v) is 7.98. The monoisotopic (exact) mass is 366 g/mol. The Labute approximate surface area is 161 Å².